The molecule has 1 aliphatic rings. The lowest BCUT2D eigenvalue weighted by Crippen LogP contribution is -2.42. The highest BCUT2D eigenvalue weighted by atomic mass is 35.5. The molecule has 1 amide bonds. The Hall–Kier alpha value is -2.07. The number of anilines is 1. The summed E-state index contributed by atoms with van der Waals surface area (Å²) in [5.74, 6) is 0.633. The van der Waals surface area contributed by atoms with Gasteiger partial charge in [0.2, 0.25) is 11.8 Å². The number of ether oxygens (including phenoxy) is 1. The van der Waals surface area contributed by atoms with Crippen molar-refractivity contribution in [2.24, 2.45) is 0 Å². The zero-order valence-electron chi connectivity index (χ0n) is 16.1. The summed E-state index contributed by atoms with van der Waals surface area (Å²) in [6.07, 6.45) is 5.92. The van der Waals surface area contributed by atoms with Crippen molar-refractivity contribution in [1.82, 2.24) is 4.98 Å². The van der Waals surface area contributed by atoms with Crippen LogP contribution in [0.15, 0.2) is 36.4 Å². The van der Waals surface area contributed by atoms with Crippen LogP contribution >= 0.6 is 11.6 Å². The first kappa shape index (κ1) is 19.7. The van der Waals surface area contributed by atoms with Crippen LogP contribution in [-0.2, 0) is 10.2 Å². The van der Waals surface area contributed by atoms with Crippen LogP contribution in [0.3, 0.4) is 0 Å². The summed E-state index contributed by atoms with van der Waals surface area (Å²) >= 11 is 6.06. The SMILES string of the molecule is CCCOc1ccc(NC(=O)C2(c3ccc(Cl)cc3)CCCCC2)c(C)n1. The van der Waals surface area contributed by atoms with Gasteiger partial charge in [0.25, 0.3) is 0 Å². The van der Waals surface area contributed by atoms with Gasteiger partial charge in [0.05, 0.1) is 23.4 Å². The van der Waals surface area contributed by atoms with Crippen LogP contribution in [0.4, 0.5) is 5.69 Å². The minimum Gasteiger partial charge on any atom is -0.478 e. The number of nitrogens with zero attached hydrogens (tertiary/aromatic N) is 1. The van der Waals surface area contributed by atoms with E-state index in [0.29, 0.717) is 17.5 Å². The summed E-state index contributed by atoms with van der Waals surface area (Å²) in [6, 6.07) is 11.4. The molecule has 1 saturated carbocycles. The van der Waals surface area contributed by atoms with E-state index in [-0.39, 0.29) is 5.91 Å². The molecule has 0 aliphatic heterocycles. The van der Waals surface area contributed by atoms with E-state index in [1.165, 1.54) is 6.42 Å². The lowest BCUT2D eigenvalue weighted by Gasteiger charge is -2.36. The van der Waals surface area contributed by atoms with Gasteiger partial charge in [-0.3, -0.25) is 4.79 Å². The van der Waals surface area contributed by atoms with Gasteiger partial charge in [-0.1, -0.05) is 49.9 Å². The van der Waals surface area contributed by atoms with Crippen molar-refractivity contribution in [2.75, 3.05) is 11.9 Å². The average molecular weight is 387 g/mol. The second-order valence-corrected chi connectivity index (χ2v) is 7.67. The van der Waals surface area contributed by atoms with Gasteiger partial charge >= 0.3 is 0 Å². The third-order valence-corrected chi connectivity index (χ3v) is 5.55. The molecule has 0 radical (unpaired) electrons. The Morgan fingerprint density at radius 3 is 2.48 bits per heavy atom. The molecule has 0 saturated heterocycles. The maximum atomic E-state index is 13.4. The van der Waals surface area contributed by atoms with Crippen molar-refractivity contribution in [3.05, 3.63) is 52.7 Å². The fraction of sp³-hybridized carbons (Fsp3) is 0.455. The van der Waals surface area contributed by atoms with E-state index < -0.39 is 5.41 Å². The van der Waals surface area contributed by atoms with Crippen molar-refractivity contribution in [2.45, 2.75) is 57.8 Å². The number of nitrogens with one attached hydrogen (secondary N) is 1. The molecule has 0 spiro atoms. The van der Waals surface area contributed by atoms with Crippen LogP contribution < -0.4 is 10.1 Å². The number of benzene rings is 1. The third-order valence-electron chi connectivity index (χ3n) is 5.30. The number of halogens is 1. The summed E-state index contributed by atoms with van der Waals surface area (Å²) in [4.78, 5) is 17.8. The molecule has 144 valence electrons. The number of aromatic nitrogens is 1. The van der Waals surface area contributed by atoms with Crippen LogP contribution in [0.25, 0.3) is 0 Å². The van der Waals surface area contributed by atoms with Crippen molar-refractivity contribution in [1.29, 1.82) is 0 Å². The number of hydrogen-bond acceptors (Lipinski definition) is 3. The Morgan fingerprint density at radius 1 is 1.15 bits per heavy atom. The van der Waals surface area contributed by atoms with E-state index in [9.17, 15) is 4.79 Å². The molecule has 3 rings (SSSR count). The number of carbonyl (C=O) groups excluding carboxylic acids is 1. The molecule has 4 nitrogen and oxygen atoms in total. The van der Waals surface area contributed by atoms with Gasteiger partial charge in [-0.15, -0.1) is 0 Å². The van der Waals surface area contributed by atoms with Gasteiger partial charge in [-0.05, 0) is 49.9 Å². The van der Waals surface area contributed by atoms with Gasteiger partial charge in [-0.2, -0.15) is 0 Å². The first-order chi connectivity index (χ1) is 13.0. The molecule has 0 bridgehead atoms. The predicted octanol–water partition coefficient (Wildman–Crippen LogP) is 5.67. The standard InChI is InChI=1S/C22H27ClN2O2/c1-3-15-27-20-12-11-19(16(2)24-20)25-21(26)22(13-5-4-6-14-22)17-7-9-18(23)10-8-17/h7-12H,3-6,13-15H2,1-2H3,(H,25,26). The smallest absolute Gasteiger partial charge is 0.235 e. The maximum absolute atomic E-state index is 13.4. The monoisotopic (exact) mass is 386 g/mol. The number of carbonyl (C=O) groups is 1. The Kier molecular flexibility index (Phi) is 6.38. The molecular formula is C22H27ClN2O2. The maximum Gasteiger partial charge on any atom is 0.235 e. The predicted molar refractivity (Wildman–Crippen MR) is 110 cm³/mol. The first-order valence-electron chi connectivity index (χ1n) is 9.73. The van der Waals surface area contributed by atoms with Crippen LogP contribution in [0.5, 0.6) is 5.88 Å². The van der Waals surface area contributed by atoms with Crippen LogP contribution in [-0.4, -0.2) is 17.5 Å². The second kappa shape index (κ2) is 8.75. The van der Waals surface area contributed by atoms with Crippen molar-refractivity contribution in [3.63, 3.8) is 0 Å². The van der Waals surface area contributed by atoms with Gasteiger partial charge in [-0.25, -0.2) is 4.98 Å². The highest BCUT2D eigenvalue weighted by Crippen LogP contribution is 2.41. The van der Waals surface area contributed by atoms with Gasteiger partial charge in [0.15, 0.2) is 0 Å². The van der Waals surface area contributed by atoms with E-state index in [0.717, 1.165) is 49.0 Å². The Labute approximate surface area is 166 Å². The molecule has 5 heteroatoms. The molecule has 0 unspecified atom stereocenters. The minimum absolute atomic E-state index is 0.0386. The Balaban J connectivity index is 1.84. The van der Waals surface area contributed by atoms with Crippen molar-refractivity contribution < 1.29 is 9.53 Å². The van der Waals surface area contributed by atoms with Crippen LogP contribution in [0.2, 0.25) is 5.02 Å². The number of aryl methyl sites for hydroxylation is 1. The van der Waals surface area contributed by atoms with Gasteiger partial charge in [0, 0.05) is 11.1 Å². The molecule has 1 fully saturated rings. The van der Waals surface area contributed by atoms with Crippen molar-refractivity contribution in [3.8, 4) is 5.88 Å². The lowest BCUT2D eigenvalue weighted by atomic mass is 9.68. The molecule has 1 aromatic heterocycles. The van der Waals surface area contributed by atoms with Crippen LogP contribution in [0.1, 0.15) is 56.7 Å². The van der Waals surface area contributed by atoms with Crippen LogP contribution in [0, 0.1) is 6.92 Å². The second-order valence-electron chi connectivity index (χ2n) is 7.23. The summed E-state index contributed by atoms with van der Waals surface area (Å²) < 4.78 is 5.58. The highest BCUT2D eigenvalue weighted by Gasteiger charge is 2.41. The Bertz CT molecular complexity index is 783. The van der Waals surface area contributed by atoms with E-state index in [2.05, 4.69) is 17.2 Å². The minimum atomic E-state index is -0.507. The molecule has 1 heterocycles. The van der Waals surface area contributed by atoms with Gasteiger partial charge in [0.1, 0.15) is 0 Å². The normalized spacial score (nSPS) is 16.0. The quantitative estimate of drug-likeness (QED) is 0.695. The third kappa shape index (κ3) is 4.44. The zero-order valence-corrected chi connectivity index (χ0v) is 16.8. The molecule has 1 aromatic carbocycles. The highest BCUT2D eigenvalue weighted by molar-refractivity contribution is 6.30. The number of amides is 1. The molecule has 2 aromatic rings. The fourth-order valence-electron chi connectivity index (χ4n) is 3.77. The number of pyridine rings is 1. The first-order valence-corrected chi connectivity index (χ1v) is 10.1. The molecule has 27 heavy (non-hydrogen) atoms. The summed E-state index contributed by atoms with van der Waals surface area (Å²) in [7, 11) is 0. The fourth-order valence-corrected chi connectivity index (χ4v) is 3.90. The molecule has 1 aliphatic carbocycles. The summed E-state index contributed by atoms with van der Waals surface area (Å²) in [5, 5.41) is 3.81. The van der Waals surface area contributed by atoms with Crippen molar-refractivity contribution >= 4 is 23.2 Å². The molecule has 1 N–H and O–H groups in total. The lowest BCUT2D eigenvalue weighted by molar-refractivity contribution is -0.122. The number of rotatable bonds is 6. The van der Waals surface area contributed by atoms with E-state index in [1.807, 2.05) is 43.3 Å². The largest absolute Gasteiger partial charge is 0.478 e. The summed E-state index contributed by atoms with van der Waals surface area (Å²) in [6.45, 7) is 4.59. The number of hydrogen-bond donors (Lipinski definition) is 1. The summed E-state index contributed by atoms with van der Waals surface area (Å²) in [5.41, 5.74) is 2.03. The van der Waals surface area contributed by atoms with E-state index >= 15 is 0 Å². The van der Waals surface area contributed by atoms with E-state index in [1.54, 1.807) is 0 Å². The molecular weight excluding hydrogens is 360 g/mol. The topological polar surface area (TPSA) is 51.2 Å². The zero-order chi connectivity index (χ0) is 19.3. The Morgan fingerprint density at radius 2 is 1.85 bits per heavy atom. The van der Waals surface area contributed by atoms with E-state index in [4.69, 9.17) is 16.3 Å². The average Bonchev–Trinajstić information content (AvgIpc) is 2.69. The molecule has 0 atom stereocenters. The van der Waals surface area contributed by atoms with Gasteiger partial charge < -0.3 is 10.1 Å².